The number of aryl methyl sites for hydroxylation is 2. The van der Waals surface area contributed by atoms with Gasteiger partial charge in [-0.3, -0.25) is 38.4 Å². The third-order valence-electron chi connectivity index (χ3n) is 11.6. The maximum atomic E-state index is 13.6. The monoisotopic (exact) mass is 1040 g/mol. The van der Waals surface area contributed by atoms with Gasteiger partial charge in [-0.05, 0) is 93.2 Å². The minimum atomic E-state index is -0.610. The van der Waals surface area contributed by atoms with Crippen molar-refractivity contribution in [1.29, 1.82) is 0 Å². The molecule has 26 heteroatoms. The Morgan fingerprint density at radius 3 is 1.45 bits per heavy atom. The van der Waals surface area contributed by atoms with Gasteiger partial charge in [-0.25, -0.2) is 15.0 Å². The molecule has 0 bridgehead atoms. The zero-order valence-corrected chi connectivity index (χ0v) is 44.2. The number of nitrogens with zero attached hydrogens (tertiary/aromatic N) is 9. The molecule has 0 aliphatic rings. The Morgan fingerprint density at radius 1 is 0.533 bits per heavy atom. The molecule has 8 amide bonds. The van der Waals surface area contributed by atoms with E-state index in [0.717, 1.165) is 25.9 Å². The van der Waals surface area contributed by atoms with E-state index in [1.54, 1.807) is 57.2 Å². The Labute approximate surface area is 435 Å². The molecule has 406 valence electrons. The standard InChI is InChI=1S/C49H72N18O8/c1-30(2)65-23-20-52-42(65)48(74)56-33-24-35(63(8)26-33)45(71)53-19-14-41(70)59-38-29-67(32(5)6)44(61-38)49(75)57-34-25-36(64(9)27-34)46(72)54-18-13-40(69)58-37-28-66(31(3)4)43(60-37)47(73)55-17-12-39(68)51-16-11-22-62(7)21-10-15-50/h20,23-32H,10-19,21-22,50H2,1-9H3,(H,51,68)(H,53,71)(H,54,72)(H,55,73)(H,56,74)(H,57,75)(H,58,69)(H,59,70). The lowest BCUT2D eigenvalue weighted by atomic mass is 10.3. The van der Waals surface area contributed by atoms with Crippen LogP contribution in [0.1, 0.15) is 145 Å². The average molecular weight is 1040 g/mol. The molecule has 0 aliphatic carbocycles. The summed E-state index contributed by atoms with van der Waals surface area (Å²) in [5, 5.41) is 21.8. The van der Waals surface area contributed by atoms with Gasteiger partial charge in [0, 0.05) is 115 Å². The van der Waals surface area contributed by atoms with E-state index in [0.29, 0.717) is 18.8 Å². The van der Waals surface area contributed by atoms with Crippen LogP contribution in [0.15, 0.2) is 49.3 Å². The lowest BCUT2D eigenvalue weighted by molar-refractivity contribution is -0.121. The first-order valence-corrected chi connectivity index (χ1v) is 24.9. The molecule has 0 saturated heterocycles. The van der Waals surface area contributed by atoms with Crippen molar-refractivity contribution >= 4 is 70.3 Å². The van der Waals surface area contributed by atoms with E-state index in [1.165, 1.54) is 29.1 Å². The number of hydrogen-bond acceptors (Lipinski definition) is 13. The van der Waals surface area contributed by atoms with E-state index < -0.39 is 41.4 Å². The summed E-state index contributed by atoms with van der Waals surface area (Å²) in [6, 6.07) is 2.59. The highest BCUT2D eigenvalue weighted by atomic mass is 16.2. The first-order valence-electron chi connectivity index (χ1n) is 24.9. The zero-order chi connectivity index (χ0) is 54.9. The molecule has 5 aromatic heterocycles. The lowest BCUT2D eigenvalue weighted by Crippen LogP contribution is -2.33. The molecule has 10 N–H and O–H groups in total. The van der Waals surface area contributed by atoms with Gasteiger partial charge in [0.1, 0.15) is 11.4 Å². The highest BCUT2D eigenvalue weighted by Crippen LogP contribution is 2.20. The fourth-order valence-corrected chi connectivity index (χ4v) is 7.71. The molecule has 5 aromatic rings. The number of nitrogens with two attached hydrogens (primary N) is 1. The summed E-state index contributed by atoms with van der Waals surface area (Å²) in [5.74, 6) is -3.08. The second-order valence-corrected chi connectivity index (χ2v) is 18.8. The van der Waals surface area contributed by atoms with Crippen molar-refractivity contribution < 1.29 is 38.4 Å². The van der Waals surface area contributed by atoms with Crippen molar-refractivity contribution in [2.75, 3.05) is 74.1 Å². The van der Waals surface area contributed by atoms with Crippen molar-refractivity contribution in [3.63, 3.8) is 0 Å². The van der Waals surface area contributed by atoms with Crippen LogP contribution in [-0.4, -0.2) is 143 Å². The highest BCUT2D eigenvalue weighted by Gasteiger charge is 2.23. The van der Waals surface area contributed by atoms with Crippen LogP contribution in [0.3, 0.4) is 0 Å². The quantitative estimate of drug-likeness (QED) is 0.0326. The number of rotatable bonds is 28. The SMILES string of the molecule is CC(C)n1cc(NC(=O)CCNC(=O)c2cc(NC(=O)c3nc(NC(=O)CCNC(=O)c4cc(NC(=O)c5nccn5C(C)C)cn4C)cn3C(C)C)cn2C)nc1C(=O)NCCC(=O)NCCCN(C)CCCN. The van der Waals surface area contributed by atoms with E-state index >= 15 is 0 Å². The lowest BCUT2D eigenvalue weighted by Gasteiger charge is -2.16. The Hall–Kier alpha value is -8.13. The van der Waals surface area contributed by atoms with Gasteiger partial charge in [0.15, 0.2) is 17.5 Å². The Balaban J connectivity index is 1.05. The van der Waals surface area contributed by atoms with Crippen LogP contribution in [-0.2, 0) is 28.5 Å². The van der Waals surface area contributed by atoms with Gasteiger partial charge in [0.2, 0.25) is 29.4 Å². The number of imidazole rings is 3. The summed E-state index contributed by atoms with van der Waals surface area (Å²) < 4.78 is 7.98. The third-order valence-corrected chi connectivity index (χ3v) is 11.6. The van der Waals surface area contributed by atoms with Gasteiger partial charge in [0.05, 0.1) is 11.4 Å². The molecule has 0 aliphatic heterocycles. The number of aromatic nitrogens is 8. The van der Waals surface area contributed by atoms with Crippen LogP contribution < -0.4 is 48.3 Å². The molecule has 0 radical (unpaired) electrons. The first-order chi connectivity index (χ1) is 35.6. The molecule has 5 rings (SSSR count). The Kier molecular flexibility index (Phi) is 21.0. The van der Waals surface area contributed by atoms with E-state index in [2.05, 4.69) is 62.4 Å². The molecule has 0 fully saturated rings. The summed E-state index contributed by atoms with van der Waals surface area (Å²) in [5.41, 5.74) is 6.68. The van der Waals surface area contributed by atoms with E-state index in [1.807, 2.05) is 48.6 Å². The molecule has 75 heavy (non-hydrogen) atoms. The Bertz CT molecular complexity index is 2810. The van der Waals surface area contributed by atoms with Gasteiger partial charge in [0.25, 0.3) is 29.5 Å². The van der Waals surface area contributed by atoms with Crippen molar-refractivity contribution in [2.45, 2.75) is 91.8 Å². The van der Waals surface area contributed by atoms with Gasteiger partial charge in [-0.2, -0.15) is 0 Å². The molecular formula is C49H72N18O8. The smallest absolute Gasteiger partial charge is 0.291 e. The number of carbonyl (C=O) groups is 8. The normalized spacial score (nSPS) is 11.3. The summed E-state index contributed by atoms with van der Waals surface area (Å²) in [6.45, 7) is 14.2. The topological polar surface area (TPSA) is 325 Å². The third kappa shape index (κ3) is 16.7. The predicted octanol–water partition coefficient (Wildman–Crippen LogP) is 2.62. The number of carbonyl (C=O) groups excluding carboxylic acids is 8. The fourth-order valence-electron chi connectivity index (χ4n) is 7.71. The van der Waals surface area contributed by atoms with Crippen LogP contribution in [0.25, 0.3) is 0 Å². The van der Waals surface area contributed by atoms with Crippen LogP contribution in [0.2, 0.25) is 0 Å². The van der Waals surface area contributed by atoms with Crippen LogP contribution >= 0.6 is 0 Å². The second kappa shape index (κ2) is 27.2. The second-order valence-electron chi connectivity index (χ2n) is 18.8. The zero-order valence-electron chi connectivity index (χ0n) is 44.2. The van der Waals surface area contributed by atoms with E-state index in [4.69, 9.17) is 5.73 Å². The van der Waals surface area contributed by atoms with Gasteiger partial charge < -0.3 is 76.0 Å². The predicted molar refractivity (Wildman–Crippen MR) is 281 cm³/mol. The Morgan fingerprint density at radius 2 is 0.973 bits per heavy atom. The molecule has 0 saturated carbocycles. The molecule has 0 aromatic carbocycles. The van der Waals surface area contributed by atoms with Gasteiger partial charge in [-0.1, -0.05) is 0 Å². The number of amides is 8. The van der Waals surface area contributed by atoms with Crippen LogP contribution in [0.5, 0.6) is 0 Å². The van der Waals surface area contributed by atoms with Crippen molar-refractivity contribution in [3.05, 3.63) is 78.2 Å². The van der Waals surface area contributed by atoms with Crippen molar-refractivity contribution in [1.82, 2.24) is 64.0 Å². The molecular weight excluding hydrogens is 969 g/mol. The summed E-state index contributed by atoms with van der Waals surface area (Å²) in [6.07, 6.45) is 11.0. The number of anilines is 4. The van der Waals surface area contributed by atoms with Gasteiger partial charge >= 0.3 is 0 Å². The van der Waals surface area contributed by atoms with Gasteiger partial charge in [-0.15, -0.1) is 0 Å². The van der Waals surface area contributed by atoms with Crippen molar-refractivity contribution in [3.8, 4) is 0 Å². The summed E-state index contributed by atoms with van der Waals surface area (Å²) in [7, 11) is 5.28. The van der Waals surface area contributed by atoms with Crippen LogP contribution in [0.4, 0.5) is 23.0 Å². The van der Waals surface area contributed by atoms with Crippen LogP contribution in [0, 0.1) is 0 Å². The maximum absolute atomic E-state index is 13.6. The summed E-state index contributed by atoms with van der Waals surface area (Å²) in [4.78, 5) is 119. The maximum Gasteiger partial charge on any atom is 0.291 e. The number of hydrogen-bond donors (Lipinski definition) is 9. The van der Waals surface area contributed by atoms with E-state index in [-0.39, 0.29) is 109 Å². The average Bonchev–Trinajstić information content (AvgIpc) is 4.21. The largest absolute Gasteiger partial charge is 0.356 e. The fraction of sp³-hybridized carbons (Fsp3) is 0.490. The van der Waals surface area contributed by atoms with Crippen molar-refractivity contribution in [2.24, 2.45) is 19.8 Å². The van der Waals surface area contributed by atoms with E-state index in [9.17, 15) is 38.4 Å². The molecule has 0 atom stereocenters. The summed E-state index contributed by atoms with van der Waals surface area (Å²) >= 11 is 0. The molecule has 26 nitrogen and oxygen atoms in total. The minimum absolute atomic E-state index is 0.00958. The first kappa shape index (κ1) is 57.8. The number of nitrogens with one attached hydrogen (secondary N) is 8. The molecule has 0 unspecified atom stereocenters. The molecule has 5 heterocycles. The highest BCUT2D eigenvalue weighted by molar-refractivity contribution is 6.05. The molecule has 0 spiro atoms. The minimum Gasteiger partial charge on any atom is -0.356 e.